The predicted molar refractivity (Wildman–Crippen MR) is 75.0 cm³/mol. The highest BCUT2D eigenvalue weighted by Gasteiger charge is 2.13. The van der Waals surface area contributed by atoms with Gasteiger partial charge < -0.3 is 11.1 Å². The molecular weight excluding hydrogens is 266 g/mol. The number of nitrogens with two attached hydrogens (primary N) is 1. The predicted octanol–water partition coefficient (Wildman–Crippen LogP) is -0.181. The molecule has 0 aliphatic heterocycles. The quantitative estimate of drug-likeness (QED) is 0.709. The summed E-state index contributed by atoms with van der Waals surface area (Å²) in [6.45, 7) is 0.0989. The van der Waals surface area contributed by atoms with Gasteiger partial charge in [-0.3, -0.25) is 4.79 Å². The summed E-state index contributed by atoms with van der Waals surface area (Å²) in [5.41, 5.74) is 7.01. The molecule has 0 radical (unpaired) electrons. The molecule has 1 rings (SSSR count). The maximum atomic E-state index is 11.6. The maximum absolute atomic E-state index is 11.6. The van der Waals surface area contributed by atoms with Gasteiger partial charge in [-0.2, -0.15) is 0 Å². The zero-order chi connectivity index (χ0) is 14.5. The number of nitrogen functional groups attached to an aromatic ring is 1. The Morgan fingerprint density at radius 1 is 1.37 bits per heavy atom. The van der Waals surface area contributed by atoms with E-state index in [2.05, 4.69) is 5.32 Å². The summed E-state index contributed by atoms with van der Waals surface area (Å²) in [5.74, 6) is -0.331. The summed E-state index contributed by atoms with van der Waals surface area (Å²) in [6.07, 6.45) is 0.188. The Balaban J connectivity index is 2.41. The largest absolute Gasteiger partial charge is 0.399 e. The minimum Gasteiger partial charge on any atom is -0.399 e. The van der Waals surface area contributed by atoms with Crippen molar-refractivity contribution < 1.29 is 13.2 Å². The molecule has 7 heteroatoms. The summed E-state index contributed by atoms with van der Waals surface area (Å²) >= 11 is 0. The highest BCUT2D eigenvalue weighted by molar-refractivity contribution is 7.89. The lowest BCUT2D eigenvalue weighted by molar-refractivity contribution is -0.120. The Labute approximate surface area is 113 Å². The molecule has 0 saturated carbocycles. The van der Waals surface area contributed by atoms with Crippen LogP contribution in [0, 0.1) is 0 Å². The third-order valence-electron chi connectivity index (χ3n) is 2.55. The SMILES string of the molecule is CN(C)S(=O)(=O)CCNC(=O)Cc1cccc(N)c1. The number of anilines is 1. The average molecular weight is 285 g/mol. The standard InChI is InChI=1S/C12H19N3O3S/c1-15(2)19(17,18)7-6-14-12(16)9-10-4-3-5-11(13)8-10/h3-5,8H,6-7,9,13H2,1-2H3,(H,14,16). The molecule has 1 aromatic rings. The van der Waals surface area contributed by atoms with Gasteiger partial charge in [0.05, 0.1) is 12.2 Å². The van der Waals surface area contributed by atoms with Gasteiger partial charge in [-0.15, -0.1) is 0 Å². The summed E-state index contributed by atoms with van der Waals surface area (Å²) in [4.78, 5) is 11.6. The van der Waals surface area contributed by atoms with E-state index < -0.39 is 10.0 Å². The normalized spacial score (nSPS) is 11.5. The van der Waals surface area contributed by atoms with Gasteiger partial charge in [-0.1, -0.05) is 12.1 Å². The van der Waals surface area contributed by atoms with E-state index in [1.165, 1.54) is 14.1 Å². The van der Waals surface area contributed by atoms with Crippen LogP contribution in [0.5, 0.6) is 0 Å². The average Bonchev–Trinajstić information content (AvgIpc) is 2.28. The lowest BCUT2D eigenvalue weighted by Crippen LogP contribution is -2.34. The summed E-state index contributed by atoms with van der Waals surface area (Å²) in [7, 11) is -0.350. The second-order valence-corrected chi connectivity index (χ2v) is 6.67. The van der Waals surface area contributed by atoms with Gasteiger partial charge in [0.15, 0.2) is 0 Å². The molecule has 0 saturated heterocycles. The van der Waals surface area contributed by atoms with Crippen molar-refractivity contribution in [3.8, 4) is 0 Å². The molecule has 0 heterocycles. The molecule has 0 aliphatic rings. The van der Waals surface area contributed by atoms with E-state index in [1.807, 2.05) is 0 Å². The number of nitrogens with zero attached hydrogens (tertiary/aromatic N) is 1. The highest BCUT2D eigenvalue weighted by Crippen LogP contribution is 2.06. The number of carbonyl (C=O) groups excluding carboxylic acids is 1. The van der Waals surface area contributed by atoms with E-state index in [0.29, 0.717) is 5.69 Å². The van der Waals surface area contributed by atoms with Crippen LogP contribution in [-0.2, 0) is 21.2 Å². The number of hydrogen-bond donors (Lipinski definition) is 2. The lowest BCUT2D eigenvalue weighted by Gasteiger charge is -2.11. The van der Waals surface area contributed by atoms with Crippen LogP contribution in [0.2, 0.25) is 0 Å². The van der Waals surface area contributed by atoms with Crippen molar-refractivity contribution in [1.82, 2.24) is 9.62 Å². The second kappa shape index (κ2) is 6.53. The molecule has 0 unspecified atom stereocenters. The van der Waals surface area contributed by atoms with Crippen molar-refractivity contribution in [2.45, 2.75) is 6.42 Å². The van der Waals surface area contributed by atoms with Crippen molar-refractivity contribution in [2.24, 2.45) is 0 Å². The fourth-order valence-corrected chi connectivity index (χ4v) is 2.18. The molecule has 0 bridgehead atoms. The molecule has 0 atom stereocenters. The molecule has 1 aromatic carbocycles. The van der Waals surface area contributed by atoms with Gasteiger partial charge in [0.1, 0.15) is 0 Å². The van der Waals surface area contributed by atoms with Crippen LogP contribution >= 0.6 is 0 Å². The smallest absolute Gasteiger partial charge is 0.224 e. The second-order valence-electron chi connectivity index (χ2n) is 4.37. The molecule has 106 valence electrons. The van der Waals surface area contributed by atoms with Crippen molar-refractivity contribution >= 4 is 21.6 Å². The highest BCUT2D eigenvalue weighted by atomic mass is 32.2. The van der Waals surface area contributed by atoms with Crippen molar-refractivity contribution in [2.75, 3.05) is 32.1 Å². The number of benzene rings is 1. The Bertz CT molecular complexity index is 541. The lowest BCUT2D eigenvalue weighted by atomic mass is 10.1. The number of hydrogen-bond acceptors (Lipinski definition) is 4. The third-order valence-corrected chi connectivity index (χ3v) is 4.39. The molecule has 19 heavy (non-hydrogen) atoms. The Morgan fingerprint density at radius 3 is 2.63 bits per heavy atom. The van der Waals surface area contributed by atoms with Gasteiger partial charge in [0.25, 0.3) is 0 Å². The first kappa shape index (κ1) is 15.5. The molecular formula is C12H19N3O3S. The monoisotopic (exact) mass is 285 g/mol. The van der Waals surface area contributed by atoms with Crippen LogP contribution in [0.4, 0.5) is 5.69 Å². The van der Waals surface area contributed by atoms with Gasteiger partial charge in [-0.05, 0) is 17.7 Å². The van der Waals surface area contributed by atoms with E-state index in [9.17, 15) is 13.2 Å². The molecule has 0 aliphatic carbocycles. The number of amides is 1. The summed E-state index contributed by atoms with van der Waals surface area (Å²) in [6, 6.07) is 7.03. The number of sulfonamides is 1. The van der Waals surface area contributed by atoms with Crippen LogP contribution in [0.15, 0.2) is 24.3 Å². The molecule has 0 spiro atoms. The Morgan fingerprint density at radius 2 is 2.05 bits per heavy atom. The van der Waals surface area contributed by atoms with Crippen LogP contribution in [0.25, 0.3) is 0 Å². The molecule has 1 amide bonds. The molecule has 0 aromatic heterocycles. The van der Waals surface area contributed by atoms with Crippen LogP contribution in [-0.4, -0.2) is 45.0 Å². The first-order chi connectivity index (χ1) is 8.81. The van der Waals surface area contributed by atoms with Crippen molar-refractivity contribution in [3.63, 3.8) is 0 Å². The summed E-state index contributed by atoms with van der Waals surface area (Å²) < 4.78 is 24.1. The van der Waals surface area contributed by atoms with Crippen LogP contribution in [0.1, 0.15) is 5.56 Å². The molecule has 0 fully saturated rings. The van der Waals surface area contributed by atoms with E-state index in [1.54, 1.807) is 24.3 Å². The topological polar surface area (TPSA) is 92.5 Å². The van der Waals surface area contributed by atoms with E-state index in [0.717, 1.165) is 9.87 Å². The minimum absolute atomic E-state index is 0.0989. The fourth-order valence-electron chi connectivity index (χ4n) is 1.45. The van der Waals surface area contributed by atoms with Crippen molar-refractivity contribution in [1.29, 1.82) is 0 Å². The Hall–Kier alpha value is -1.60. The van der Waals surface area contributed by atoms with E-state index in [-0.39, 0.29) is 24.6 Å². The van der Waals surface area contributed by atoms with E-state index >= 15 is 0 Å². The van der Waals surface area contributed by atoms with Crippen molar-refractivity contribution in [3.05, 3.63) is 29.8 Å². The van der Waals surface area contributed by atoms with Gasteiger partial charge in [-0.25, -0.2) is 12.7 Å². The van der Waals surface area contributed by atoms with Crippen LogP contribution < -0.4 is 11.1 Å². The fraction of sp³-hybridized carbons (Fsp3) is 0.417. The Kier molecular flexibility index (Phi) is 5.31. The molecule has 3 N–H and O–H groups in total. The number of carbonyl (C=O) groups is 1. The van der Waals surface area contributed by atoms with Gasteiger partial charge >= 0.3 is 0 Å². The van der Waals surface area contributed by atoms with Gasteiger partial charge in [0.2, 0.25) is 15.9 Å². The number of nitrogens with one attached hydrogen (secondary N) is 1. The molecule has 6 nitrogen and oxygen atoms in total. The third kappa shape index (κ3) is 5.27. The van der Waals surface area contributed by atoms with Gasteiger partial charge in [0, 0.05) is 26.3 Å². The van der Waals surface area contributed by atoms with Crippen LogP contribution in [0.3, 0.4) is 0 Å². The maximum Gasteiger partial charge on any atom is 0.224 e. The summed E-state index contributed by atoms with van der Waals surface area (Å²) in [5, 5.41) is 2.58. The number of rotatable bonds is 6. The zero-order valence-corrected chi connectivity index (χ0v) is 11.9. The minimum atomic E-state index is -3.27. The first-order valence-electron chi connectivity index (χ1n) is 5.82. The zero-order valence-electron chi connectivity index (χ0n) is 11.1. The van der Waals surface area contributed by atoms with E-state index in [4.69, 9.17) is 5.73 Å². The first-order valence-corrected chi connectivity index (χ1v) is 7.43.